The standard InChI is InChI=1S/C13H10N2O4/c1-19-8-4-2-3-7-9(8)6(5-14-7)10-11(16)13(18)15-12(10)17/h2-5,14H,1H3,(H2,15,16,17,18). The number of carbonyl (C=O) groups is 2. The number of amides is 2. The molecule has 1 aromatic heterocycles. The van der Waals surface area contributed by atoms with E-state index in [0.717, 1.165) is 5.52 Å². The Balaban J connectivity index is 2.33. The van der Waals surface area contributed by atoms with Gasteiger partial charge in [-0.3, -0.25) is 14.9 Å². The highest BCUT2D eigenvalue weighted by molar-refractivity contribution is 6.36. The molecule has 2 amide bonds. The number of nitrogens with one attached hydrogen (secondary N) is 2. The Morgan fingerprint density at radius 1 is 1.21 bits per heavy atom. The minimum atomic E-state index is -0.788. The summed E-state index contributed by atoms with van der Waals surface area (Å²) in [5, 5.41) is 12.4. The maximum absolute atomic E-state index is 11.7. The van der Waals surface area contributed by atoms with E-state index in [4.69, 9.17) is 4.74 Å². The zero-order valence-electron chi connectivity index (χ0n) is 9.98. The number of hydrogen-bond acceptors (Lipinski definition) is 4. The average molecular weight is 258 g/mol. The number of hydrogen-bond donors (Lipinski definition) is 3. The number of aliphatic hydroxyl groups excluding tert-OH is 1. The molecule has 0 atom stereocenters. The lowest BCUT2D eigenvalue weighted by Gasteiger charge is -2.04. The van der Waals surface area contributed by atoms with Gasteiger partial charge in [-0.2, -0.15) is 0 Å². The Bertz CT molecular complexity index is 742. The van der Waals surface area contributed by atoms with Gasteiger partial charge in [0, 0.05) is 22.7 Å². The largest absolute Gasteiger partial charge is 0.502 e. The van der Waals surface area contributed by atoms with E-state index in [2.05, 4.69) is 10.3 Å². The molecular weight excluding hydrogens is 248 g/mol. The number of benzene rings is 1. The molecule has 0 aliphatic carbocycles. The van der Waals surface area contributed by atoms with Crippen LogP contribution in [-0.2, 0) is 9.59 Å². The van der Waals surface area contributed by atoms with Crippen LogP contribution in [-0.4, -0.2) is 29.0 Å². The Hall–Kier alpha value is -2.76. The van der Waals surface area contributed by atoms with Crippen molar-refractivity contribution in [3.8, 4) is 5.75 Å². The molecule has 0 fully saturated rings. The van der Waals surface area contributed by atoms with Gasteiger partial charge in [-0.1, -0.05) is 6.07 Å². The number of ether oxygens (including phenoxy) is 1. The van der Waals surface area contributed by atoms with E-state index in [-0.39, 0.29) is 5.57 Å². The van der Waals surface area contributed by atoms with Crippen LogP contribution in [0.25, 0.3) is 16.5 Å². The lowest BCUT2D eigenvalue weighted by atomic mass is 10.0. The van der Waals surface area contributed by atoms with Crippen LogP contribution in [0.1, 0.15) is 5.56 Å². The molecular formula is C13H10N2O4. The molecule has 1 aliphatic rings. The second kappa shape index (κ2) is 3.88. The van der Waals surface area contributed by atoms with E-state index in [0.29, 0.717) is 16.7 Å². The van der Waals surface area contributed by atoms with E-state index < -0.39 is 17.6 Å². The molecule has 0 bridgehead atoms. The van der Waals surface area contributed by atoms with Crippen molar-refractivity contribution in [2.24, 2.45) is 0 Å². The van der Waals surface area contributed by atoms with Gasteiger partial charge in [0.1, 0.15) is 5.75 Å². The molecule has 2 aromatic rings. The molecule has 6 nitrogen and oxygen atoms in total. The third-order valence-electron chi connectivity index (χ3n) is 3.06. The molecule has 2 heterocycles. The molecule has 96 valence electrons. The number of fused-ring (bicyclic) bond motifs is 1. The quantitative estimate of drug-likeness (QED) is 0.703. The molecule has 0 radical (unpaired) electrons. The van der Waals surface area contributed by atoms with E-state index in [1.54, 1.807) is 18.3 Å². The molecule has 19 heavy (non-hydrogen) atoms. The predicted molar refractivity (Wildman–Crippen MR) is 67.5 cm³/mol. The molecule has 1 aliphatic heterocycles. The summed E-state index contributed by atoms with van der Waals surface area (Å²) in [6.45, 7) is 0. The van der Waals surface area contributed by atoms with Crippen molar-refractivity contribution in [3.63, 3.8) is 0 Å². The second-order valence-corrected chi connectivity index (χ2v) is 4.09. The third-order valence-corrected chi connectivity index (χ3v) is 3.06. The smallest absolute Gasteiger partial charge is 0.293 e. The maximum atomic E-state index is 11.7. The SMILES string of the molecule is COc1cccc2[nH]cc(C3=C(O)C(=O)NC3=O)c12. The molecule has 0 unspecified atom stereocenters. The Labute approximate surface area is 107 Å². The summed E-state index contributed by atoms with van der Waals surface area (Å²) in [5.74, 6) is -1.42. The van der Waals surface area contributed by atoms with Gasteiger partial charge in [0.25, 0.3) is 11.8 Å². The zero-order valence-corrected chi connectivity index (χ0v) is 9.98. The number of H-pyrrole nitrogens is 1. The molecule has 3 N–H and O–H groups in total. The number of aromatic nitrogens is 1. The predicted octanol–water partition coefficient (Wildman–Crippen LogP) is 1.10. The van der Waals surface area contributed by atoms with E-state index >= 15 is 0 Å². The van der Waals surface area contributed by atoms with E-state index in [9.17, 15) is 14.7 Å². The van der Waals surface area contributed by atoms with Crippen molar-refractivity contribution in [2.45, 2.75) is 0 Å². The van der Waals surface area contributed by atoms with Crippen molar-refractivity contribution in [1.82, 2.24) is 10.3 Å². The van der Waals surface area contributed by atoms with Crippen molar-refractivity contribution in [1.29, 1.82) is 0 Å². The first-order chi connectivity index (χ1) is 9.13. The second-order valence-electron chi connectivity index (χ2n) is 4.09. The monoisotopic (exact) mass is 258 g/mol. The van der Waals surface area contributed by atoms with Crippen LogP contribution in [0.15, 0.2) is 30.2 Å². The molecule has 0 spiro atoms. The summed E-state index contributed by atoms with van der Waals surface area (Å²) in [4.78, 5) is 26.0. The van der Waals surface area contributed by atoms with Crippen LogP contribution in [0, 0.1) is 0 Å². The van der Waals surface area contributed by atoms with Gasteiger partial charge in [-0.15, -0.1) is 0 Å². The van der Waals surface area contributed by atoms with Crippen molar-refractivity contribution >= 4 is 28.3 Å². The lowest BCUT2D eigenvalue weighted by Crippen LogP contribution is -2.22. The lowest BCUT2D eigenvalue weighted by molar-refractivity contribution is -0.124. The number of imide groups is 1. The van der Waals surface area contributed by atoms with Gasteiger partial charge >= 0.3 is 0 Å². The van der Waals surface area contributed by atoms with Crippen LogP contribution >= 0.6 is 0 Å². The normalized spacial score (nSPS) is 15.2. The fraction of sp³-hybridized carbons (Fsp3) is 0.0769. The van der Waals surface area contributed by atoms with Gasteiger partial charge in [-0.05, 0) is 12.1 Å². The Morgan fingerprint density at radius 2 is 2.00 bits per heavy atom. The number of aromatic amines is 1. The van der Waals surface area contributed by atoms with Crippen LogP contribution in [0.2, 0.25) is 0 Å². The number of rotatable bonds is 2. The Morgan fingerprint density at radius 3 is 2.63 bits per heavy atom. The molecule has 6 heteroatoms. The van der Waals surface area contributed by atoms with Crippen LogP contribution in [0.4, 0.5) is 0 Å². The van der Waals surface area contributed by atoms with Crippen LogP contribution < -0.4 is 10.1 Å². The van der Waals surface area contributed by atoms with Gasteiger partial charge in [0.15, 0.2) is 5.76 Å². The summed E-state index contributed by atoms with van der Waals surface area (Å²) < 4.78 is 5.24. The van der Waals surface area contributed by atoms with E-state index in [1.807, 2.05) is 6.07 Å². The van der Waals surface area contributed by atoms with Gasteiger partial charge in [0.2, 0.25) is 0 Å². The summed E-state index contributed by atoms with van der Waals surface area (Å²) in [6.07, 6.45) is 1.57. The van der Waals surface area contributed by atoms with Crippen molar-refractivity contribution in [2.75, 3.05) is 7.11 Å². The highest BCUT2D eigenvalue weighted by atomic mass is 16.5. The third kappa shape index (κ3) is 1.50. The zero-order chi connectivity index (χ0) is 13.6. The average Bonchev–Trinajstić information content (AvgIpc) is 2.92. The Kier molecular flexibility index (Phi) is 2.31. The molecule has 3 rings (SSSR count). The highest BCUT2D eigenvalue weighted by Gasteiger charge is 2.33. The van der Waals surface area contributed by atoms with Gasteiger partial charge in [-0.25, -0.2) is 0 Å². The molecule has 0 saturated heterocycles. The fourth-order valence-corrected chi connectivity index (χ4v) is 2.21. The van der Waals surface area contributed by atoms with Gasteiger partial charge < -0.3 is 14.8 Å². The maximum Gasteiger partial charge on any atom is 0.293 e. The highest BCUT2D eigenvalue weighted by Crippen LogP contribution is 2.34. The minimum absolute atomic E-state index is 0.0410. The number of carbonyl (C=O) groups excluding carboxylic acids is 2. The summed E-state index contributed by atoms with van der Waals surface area (Å²) in [6, 6.07) is 5.36. The number of methoxy groups -OCH3 is 1. The summed E-state index contributed by atoms with van der Waals surface area (Å²) in [5.41, 5.74) is 1.15. The first-order valence-electron chi connectivity index (χ1n) is 5.57. The van der Waals surface area contributed by atoms with Crippen molar-refractivity contribution in [3.05, 3.63) is 35.7 Å². The summed E-state index contributed by atoms with van der Waals surface area (Å²) in [7, 11) is 1.51. The topological polar surface area (TPSA) is 91.4 Å². The summed E-state index contributed by atoms with van der Waals surface area (Å²) >= 11 is 0. The fourth-order valence-electron chi connectivity index (χ4n) is 2.21. The van der Waals surface area contributed by atoms with Gasteiger partial charge in [0.05, 0.1) is 12.7 Å². The van der Waals surface area contributed by atoms with Crippen LogP contribution in [0.3, 0.4) is 0 Å². The van der Waals surface area contributed by atoms with E-state index in [1.165, 1.54) is 7.11 Å². The van der Waals surface area contributed by atoms with Crippen molar-refractivity contribution < 1.29 is 19.4 Å². The number of aliphatic hydroxyl groups is 1. The minimum Gasteiger partial charge on any atom is -0.502 e. The molecule has 1 aromatic carbocycles. The first-order valence-corrected chi connectivity index (χ1v) is 5.57. The van der Waals surface area contributed by atoms with Crippen LogP contribution in [0.5, 0.6) is 5.75 Å². The molecule has 0 saturated carbocycles. The first kappa shape index (κ1) is 11.3.